The predicted molar refractivity (Wildman–Crippen MR) is 115 cm³/mol. The summed E-state index contributed by atoms with van der Waals surface area (Å²) in [6.07, 6.45) is 2.10. The Morgan fingerprint density at radius 3 is 2.42 bits per heavy atom. The van der Waals surface area contributed by atoms with E-state index in [1.54, 1.807) is 16.7 Å². The largest absolute Gasteiger partial charge is 0.337 e. The Bertz CT molecular complexity index is 1350. The molecule has 0 fully saturated rings. The normalized spacial score (nSPS) is 11.5. The number of hydrogen-bond donors (Lipinski definition) is 0. The Balaban J connectivity index is 1.95. The van der Waals surface area contributed by atoms with Crippen LogP contribution in [0, 0.1) is 17.6 Å². The van der Waals surface area contributed by atoms with Crippen LogP contribution < -0.4 is 11.2 Å². The van der Waals surface area contributed by atoms with Crippen LogP contribution in [-0.2, 0) is 13.1 Å². The fourth-order valence-corrected chi connectivity index (χ4v) is 3.54. The standard InChI is InChI=1S/C23H22F2N4O2/c1-15(2)10-11-28-22(30)20-21(29(23(28)31)19-8-6-17(24)7-9-19)26-14-27(20)13-16-4-3-5-18(25)12-16/h3-9,12,14-15H,10-11,13H2,1-2H3. The lowest BCUT2D eigenvalue weighted by Crippen LogP contribution is -2.40. The monoisotopic (exact) mass is 424 g/mol. The first-order valence-electron chi connectivity index (χ1n) is 10.1. The number of fused-ring (bicyclic) bond motifs is 1. The molecule has 0 bridgehead atoms. The molecule has 2 aromatic heterocycles. The highest BCUT2D eigenvalue weighted by molar-refractivity contribution is 5.72. The number of nitrogens with zero attached hydrogens (tertiary/aromatic N) is 4. The van der Waals surface area contributed by atoms with Gasteiger partial charge in [-0.2, -0.15) is 0 Å². The smallest absolute Gasteiger partial charge is 0.320 e. The highest BCUT2D eigenvalue weighted by Gasteiger charge is 2.19. The topological polar surface area (TPSA) is 61.8 Å². The molecule has 8 heteroatoms. The van der Waals surface area contributed by atoms with Gasteiger partial charge in [-0.25, -0.2) is 23.1 Å². The first kappa shape index (κ1) is 20.7. The summed E-state index contributed by atoms with van der Waals surface area (Å²) in [6, 6.07) is 11.5. The Morgan fingerprint density at radius 1 is 1.00 bits per heavy atom. The summed E-state index contributed by atoms with van der Waals surface area (Å²) in [4.78, 5) is 30.9. The Kier molecular flexibility index (Phi) is 5.54. The van der Waals surface area contributed by atoms with E-state index >= 15 is 0 Å². The van der Waals surface area contributed by atoms with Crippen LogP contribution in [0.1, 0.15) is 25.8 Å². The fraction of sp³-hybridized carbons (Fsp3) is 0.261. The van der Waals surface area contributed by atoms with Crippen LogP contribution in [0.4, 0.5) is 8.78 Å². The molecule has 0 aliphatic heterocycles. The van der Waals surface area contributed by atoms with Crippen LogP contribution in [0.2, 0.25) is 0 Å². The third-order valence-corrected chi connectivity index (χ3v) is 5.16. The van der Waals surface area contributed by atoms with Crippen LogP contribution in [-0.4, -0.2) is 18.7 Å². The van der Waals surface area contributed by atoms with Gasteiger partial charge in [0, 0.05) is 13.1 Å². The third kappa shape index (κ3) is 4.05. The highest BCUT2D eigenvalue weighted by atomic mass is 19.1. The molecule has 0 spiro atoms. The van der Waals surface area contributed by atoms with E-state index in [0.717, 1.165) is 0 Å². The Hall–Kier alpha value is -3.55. The predicted octanol–water partition coefficient (Wildman–Crippen LogP) is 3.72. The van der Waals surface area contributed by atoms with Crippen molar-refractivity contribution in [1.82, 2.24) is 18.7 Å². The van der Waals surface area contributed by atoms with E-state index in [2.05, 4.69) is 4.98 Å². The number of imidazole rings is 1. The van der Waals surface area contributed by atoms with Gasteiger partial charge in [0.05, 0.1) is 12.0 Å². The van der Waals surface area contributed by atoms with Gasteiger partial charge in [-0.15, -0.1) is 0 Å². The van der Waals surface area contributed by atoms with Gasteiger partial charge in [0.15, 0.2) is 11.2 Å². The lowest BCUT2D eigenvalue weighted by molar-refractivity contribution is 0.491. The Morgan fingerprint density at radius 2 is 1.74 bits per heavy atom. The quantitative estimate of drug-likeness (QED) is 0.474. The molecule has 4 rings (SSSR count). The minimum atomic E-state index is -0.527. The summed E-state index contributed by atoms with van der Waals surface area (Å²) in [6.45, 7) is 4.49. The van der Waals surface area contributed by atoms with Crippen LogP contribution in [0.25, 0.3) is 16.9 Å². The average molecular weight is 424 g/mol. The van der Waals surface area contributed by atoms with Gasteiger partial charge in [0.1, 0.15) is 11.6 Å². The number of hydrogen-bond acceptors (Lipinski definition) is 3. The zero-order chi connectivity index (χ0) is 22.1. The molecule has 0 radical (unpaired) electrons. The van der Waals surface area contributed by atoms with Gasteiger partial charge >= 0.3 is 5.69 Å². The van der Waals surface area contributed by atoms with Crippen molar-refractivity contribution in [2.45, 2.75) is 33.4 Å². The van der Waals surface area contributed by atoms with Crippen molar-refractivity contribution >= 4 is 11.2 Å². The zero-order valence-electron chi connectivity index (χ0n) is 17.3. The maximum absolute atomic E-state index is 13.6. The van der Waals surface area contributed by atoms with Gasteiger partial charge in [0.25, 0.3) is 5.56 Å². The molecule has 6 nitrogen and oxygen atoms in total. The van der Waals surface area contributed by atoms with E-state index in [-0.39, 0.29) is 30.1 Å². The molecule has 0 saturated carbocycles. The number of benzene rings is 2. The lowest BCUT2D eigenvalue weighted by atomic mass is 10.1. The van der Waals surface area contributed by atoms with E-state index in [1.807, 2.05) is 13.8 Å². The van der Waals surface area contributed by atoms with Crippen molar-refractivity contribution in [2.24, 2.45) is 5.92 Å². The number of halogens is 2. The average Bonchev–Trinajstić information content (AvgIpc) is 3.12. The van der Waals surface area contributed by atoms with Gasteiger partial charge < -0.3 is 4.57 Å². The van der Waals surface area contributed by atoms with Crippen molar-refractivity contribution in [3.8, 4) is 5.69 Å². The van der Waals surface area contributed by atoms with Gasteiger partial charge in [-0.1, -0.05) is 26.0 Å². The molecule has 4 aromatic rings. The molecule has 31 heavy (non-hydrogen) atoms. The van der Waals surface area contributed by atoms with E-state index in [1.165, 1.54) is 51.9 Å². The summed E-state index contributed by atoms with van der Waals surface area (Å²) in [5.74, 6) is -0.518. The molecule has 2 heterocycles. The third-order valence-electron chi connectivity index (χ3n) is 5.16. The van der Waals surface area contributed by atoms with E-state index in [4.69, 9.17) is 0 Å². The lowest BCUT2D eigenvalue weighted by Gasteiger charge is -2.13. The minimum absolute atomic E-state index is 0.179. The van der Waals surface area contributed by atoms with E-state index in [0.29, 0.717) is 23.6 Å². The molecule has 0 amide bonds. The molecule has 0 aliphatic carbocycles. The summed E-state index contributed by atoms with van der Waals surface area (Å²) in [5.41, 5.74) is 0.502. The molecule has 0 N–H and O–H groups in total. The number of aromatic nitrogens is 4. The summed E-state index contributed by atoms with van der Waals surface area (Å²) >= 11 is 0. The molecule has 0 atom stereocenters. The van der Waals surface area contributed by atoms with Crippen LogP contribution in [0.5, 0.6) is 0 Å². The second-order valence-corrected chi connectivity index (χ2v) is 7.91. The second-order valence-electron chi connectivity index (χ2n) is 7.91. The molecule has 2 aromatic carbocycles. The van der Waals surface area contributed by atoms with Crippen molar-refractivity contribution in [1.29, 1.82) is 0 Å². The van der Waals surface area contributed by atoms with Gasteiger partial charge in [-0.05, 0) is 54.3 Å². The molecular weight excluding hydrogens is 402 g/mol. The second kappa shape index (κ2) is 8.29. The van der Waals surface area contributed by atoms with Gasteiger partial charge in [-0.3, -0.25) is 9.36 Å². The fourth-order valence-electron chi connectivity index (χ4n) is 3.54. The molecule has 0 aliphatic rings. The summed E-state index contributed by atoms with van der Waals surface area (Å²) in [7, 11) is 0. The Labute approximate surface area is 177 Å². The van der Waals surface area contributed by atoms with E-state index in [9.17, 15) is 18.4 Å². The van der Waals surface area contributed by atoms with E-state index < -0.39 is 17.1 Å². The molecule has 0 unspecified atom stereocenters. The maximum Gasteiger partial charge on any atom is 0.337 e. The van der Waals surface area contributed by atoms with Crippen LogP contribution >= 0.6 is 0 Å². The maximum atomic E-state index is 13.6. The molecular formula is C23H22F2N4O2. The first-order valence-corrected chi connectivity index (χ1v) is 10.1. The molecule has 0 saturated heterocycles. The summed E-state index contributed by atoms with van der Waals surface area (Å²) in [5, 5.41) is 0. The minimum Gasteiger partial charge on any atom is -0.320 e. The van der Waals surface area contributed by atoms with Crippen molar-refractivity contribution in [3.05, 3.63) is 92.9 Å². The zero-order valence-corrected chi connectivity index (χ0v) is 17.3. The highest BCUT2D eigenvalue weighted by Crippen LogP contribution is 2.16. The first-order chi connectivity index (χ1) is 14.8. The number of rotatable bonds is 6. The SMILES string of the molecule is CC(C)CCn1c(=O)c2c(ncn2Cc2cccc(F)c2)n(-c2ccc(F)cc2)c1=O. The van der Waals surface area contributed by atoms with Crippen LogP contribution in [0.3, 0.4) is 0 Å². The van der Waals surface area contributed by atoms with Crippen molar-refractivity contribution in [3.63, 3.8) is 0 Å². The van der Waals surface area contributed by atoms with Crippen molar-refractivity contribution < 1.29 is 8.78 Å². The summed E-state index contributed by atoms with van der Waals surface area (Å²) < 4.78 is 31.2. The molecule has 160 valence electrons. The van der Waals surface area contributed by atoms with Crippen molar-refractivity contribution in [2.75, 3.05) is 0 Å². The van der Waals surface area contributed by atoms with Gasteiger partial charge in [0.2, 0.25) is 0 Å². The van der Waals surface area contributed by atoms with Crippen LogP contribution in [0.15, 0.2) is 64.4 Å².